The Morgan fingerprint density at radius 3 is 2.78 bits per heavy atom. The zero-order valence-corrected chi connectivity index (χ0v) is 15.0. The minimum atomic E-state index is -0.417. The number of ether oxygens (including phenoxy) is 1. The second-order valence-corrected chi connectivity index (χ2v) is 7.04. The molecule has 0 aromatic heterocycles. The molecular weight excluding hydrogens is 344 g/mol. The average molecular weight is 364 g/mol. The third kappa shape index (κ3) is 3.30. The molecular formula is C21H20N2O4. The number of amides is 3. The number of hydrogen-bond donors (Lipinski definition) is 1. The van der Waals surface area contributed by atoms with Crippen LogP contribution in [0.5, 0.6) is 5.75 Å². The molecule has 1 N–H and O–H groups in total. The van der Waals surface area contributed by atoms with Crippen LogP contribution in [0.4, 0.5) is 0 Å². The molecule has 2 aliphatic rings. The van der Waals surface area contributed by atoms with Crippen LogP contribution < -0.4 is 10.1 Å². The first-order chi connectivity index (χ1) is 13.0. The van der Waals surface area contributed by atoms with Gasteiger partial charge in [0.1, 0.15) is 12.3 Å². The fraction of sp³-hybridized carbons (Fsp3) is 0.286. The molecule has 0 spiro atoms. The number of benzene rings is 2. The van der Waals surface area contributed by atoms with Crippen LogP contribution in [0.1, 0.15) is 31.8 Å². The maximum atomic E-state index is 12.4. The predicted octanol–water partition coefficient (Wildman–Crippen LogP) is 1.96. The van der Waals surface area contributed by atoms with E-state index < -0.39 is 11.8 Å². The lowest BCUT2D eigenvalue weighted by atomic mass is 9.97. The molecule has 2 aromatic rings. The number of hydrogen-bond acceptors (Lipinski definition) is 4. The Labute approximate surface area is 157 Å². The van der Waals surface area contributed by atoms with Crippen molar-refractivity contribution in [3.63, 3.8) is 0 Å². The van der Waals surface area contributed by atoms with Crippen molar-refractivity contribution in [2.75, 3.05) is 19.7 Å². The van der Waals surface area contributed by atoms with E-state index in [4.69, 9.17) is 4.74 Å². The number of aryl methyl sites for hydroxylation is 1. The first-order valence-electron chi connectivity index (χ1n) is 8.97. The van der Waals surface area contributed by atoms with Crippen LogP contribution in [0.25, 0.3) is 0 Å². The molecule has 2 aromatic carbocycles. The molecule has 6 heteroatoms. The lowest BCUT2D eigenvalue weighted by molar-refractivity contribution is -0.121. The summed E-state index contributed by atoms with van der Waals surface area (Å²) in [5, 5.41) is 2.82. The van der Waals surface area contributed by atoms with E-state index in [1.54, 1.807) is 18.2 Å². The minimum Gasteiger partial charge on any atom is -0.493 e. The van der Waals surface area contributed by atoms with Gasteiger partial charge in [-0.3, -0.25) is 19.3 Å². The average Bonchev–Trinajstić information content (AvgIpc) is 2.90. The first-order valence-corrected chi connectivity index (χ1v) is 8.97. The Morgan fingerprint density at radius 2 is 1.93 bits per heavy atom. The van der Waals surface area contributed by atoms with Gasteiger partial charge in [-0.15, -0.1) is 0 Å². The number of rotatable bonds is 4. The summed E-state index contributed by atoms with van der Waals surface area (Å²) in [6, 6.07) is 13.0. The molecule has 0 saturated heterocycles. The van der Waals surface area contributed by atoms with E-state index in [9.17, 15) is 14.4 Å². The summed E-state index contributed by atoms with van der Waals surface area (Å²) >= 11 is 0. The highest BCUT2D eigenvalue weighted by Crippen LogP contribution is 2.26. The van der Waals surface area contributed by atoms with Crippen LogP contribution in [0, 0.1) is 12.8 Å². The van der Waals surface area contributed by atoms with Crippen LogP contribution in [0.15, 0.2) is 42.5 Å². The quantitative estimate of drug-likeness (QED) is 0.842. The highest BCUT2D eigenvalue weighted by molar-refractivity contribution is 6.22. The van der Waals surface area contributed by atoms with Crippen LogP contribution in [-0.4, -0.2) is 42.3 Å². The van der Waals surface area contributed by atoms with Crippen LogP contribution in [0.3, 0.4) is 0 Å². The van der Waals surface area contributed by atoms with Crippen molar-refractivity contribution < 1.29 is 19.1 Å². The van der Waals surface area contributed by atoms with E-state index in [-0.39, 0.29) is 18.4 Å². The minimum absolute atomic E-state index is 0.161. The first kappa shape index (κ1) is 17.3. The van der Waals surface area contributed by atoms with Gasteiger partial charge in [-0.05, 0) is 37.1 Å². The van der Waals surface area contributed by atoms with Gasteiger partial charge >= 0.3 is 0 Å². The topological polar surface area (TPSA) is 75.7 Å². The maximum Gasteiger partial charge on any atom is 0.262 e. The van der Waals surface area contributed by atoms with Crippen molar-refractivity contribution in [1.82, 2.24) is 10.2 Å². The van der Waals surface area contributed by atoms with E-state index in [0.717, 1.165) is 28.2 Å². The van der Waals surface area contributed by atoms with E-state index in [1.807, 2.05) is 31.2 Å². The Bertz CT molecular complexity index is 938. The van der Waals surface area contributed by atoms with Gasteiger partial charge in [-0.2, -0.15) is 0 Å². The van der Waals surface area contributed by atoms with E-state index in [1.165, 1.54) is 0 Å². The number of para-hydroxylation sites is 1. The maximum absolute atomic E-state index is 12.4. The zero-order valence-electron chi connectivity index (χ0n) is 15.0. The molecule has 0 radical (unpaired) electrons. The standard InChI is InChI=1S/C21H20N2O4/c1-13-6-7-16-17(8-13)21(26)23(20(16)25)11-19(24)22-10-14-9-15-4-2-3-5-18(15)27-12-14/h2-8,14H,9-12H2,1H3,(H,22,24). The monoisotopic (exact) mass is 364 g/mol. The third-order valence-electron chi connectivity index (χ3n) is 4.97. The van der Waals surface area contributed by atoms with Crippen LogP contribution in [-0.2, 0) is 11.2 Å². The molecule has 138 valence electrons. The Morgan fingerprint density at radius 1 is 1.15 bits per heavy atom. The second-order valence-electron chi connectivity index (χ2n) is 7.04. The SMILES string of the molecule is Cc1ccc2c(c1)C(=O)N(CC(=O)NCC1COc3ccccc3C1)C2=O. The summed E-state index contributed by atoms with van der Waals surface area (Å²) in [5.74, 6) is -0.126. The van der Waals surface area contributed by atoms with Gasteiger partial charge in [0.25, 0.3) is 11.8 Å². The molecule has 0 bridgehead atoms. The van der Waals surface area contributed by atoms with Gasteiger partial charge in [0.2, 0.25) is 5.91 Å². The molecule has 0 saturated carbocycles. The number of fused-ring (bicyclic) bond motifs is 2. The van der Waals surface area contributed by atoms with Crippen molar-refractivity contribution in [3.8, 4) is 5.75 Å². The van der Waals surface area contributed by atoms with E-state index >= 15 is 0 Å². The van der Waals surface area contributed by atoms with Gasteiger partial charge < -0.3 is 10.1 Å². The van der Waals surface area contributed by atoms with Gasteiger partial charge in [-0.25, -0.2) is 0 Å². The summed E-state index contributed by atoms with van der Waals surface area (Å²) in [5.41, 5.74) is 2.75. The van der Waals surface area contributed by atoms with Crippen molar-refractivity contribution in [3.05, 3.63) is 64.7 Å². The van der Waals surface area contributed by atoms with Crippen molar-refractivity contribution in [2.24, 2.45) is 5.92 Å². The molecule has 2 aliphatic heterocycles. The molecule has 4 rings (SSSR count). The number of carbonyl (C=O) groups is 3. The van der Waals surface area contributed by atoms with E-state index in [0.29, 0.717) is 24.3 Å². The highest BCUT2D eigenvalue weighted by Gasteiger charge is 2.36. The lowest BCUT2D eigenvalue weighted by Gasteiger charge is -2.25. The molecule has 6 nitrogen and oxygen atoms in total. The molecule has 1 unspecified atom stereocenters. The summed E-state index contributed by atoms with van der Waals surface area (Å²) < 4.78 is 5.72. The number of carbonyl (C=O) groups excluding carboxylic acids is 3. The third-order valence-corrected chi connectivity index (χ3v) is 4.97. The number of nitrogens with one attached hydrogen (secondary N) is 1. The van der Waals surface area contributed by atoms with Gasteiger partial charge in [0.05, 0.1) is 17.7 Å². The molecule has 27 heavy (non-hydrogen) atoms. The van der Waals surface area contributed by atoms with Crippen LogP contribution in [0.2, 0.25) is 0 Å². The van der Waals surface area contributed by atoms with E-state index in [2.05, 4.69) is 5.32 Å². The second kappa shape index (κ2) is 6.87. The van der Waals surface area contributed by atoms with Crippen molar-refractivity contribution >= 4 is 17.7 Å². The van der Waals surface area contributed by atoms with Gasteiger partial charge in [-0.1, -0.05) is 29.8 Å². The highest BCUT2D eigenvalue weighted by atomic mass is 16.5. The summed E-state index contributed by atoms with van der Waals surface area (Å²) in [4.78, 5) is 38.1. The Kier molecular flexibility index (Phi) is 4.39. The predicted molar refractivity (Wildman–Crippen MR) is 98.7 cm³/mol. The largest absolute Gasteiger partial charge is 0.493 e. The Balaban J connectivity index is 1.34. The summed E-state index contributed by atoms with van der Waals surface area (Å²) in [7, 11) is 0. The molecule has 0 aliphatic carbocycles. The molecule has 3 amide bonds. The molecule has 0 fully saturated rings. The number of nitrogens with zero attached hydrogens (tertiary/aromatic N) is 1. The zero-order chi connectivity index (χ0) is 19.0. The van der Waals surface area contributed by atoms with Gasteiger partial charge in [0, 0.05) is 12.5 Å². The molecule has 2 heterocycles. The smallest absolute Gasteiger partial charge is 0.262 e. The lowest BCUT2D eigenvalue weighted by Crippen LogP contribution is -2.42. The Hall–Kier alpha value is -3.15. The number of imide groups is 1. The van der Waals surface area contributed by atoms with Gasteiger partial charge in [0.15, 0.2) is 0 Å². The van der Waals surface area contributed by atoms with Crippen LogP contribution >= 0.6 is 0 Å². The normalized spacial score (nSPS) is 18.0. The summed E-state index contributed by atoms with van der Waals surface area (Å²) in [6.07, 6.45) is 0.822. The fourth-order valence-electron chi connectivity index (χ4n) is 3.53. The summed E-state index contributed by atoms with van der Waals surface area (Å²) in [6.45, 7) is 2.56. The molecule has 1 atom stereocenters. The fourth-order valence-corrected chi connectivity index (χ4v) is 3.53. The van der Waals surface area contributed by atoms with Crippen molar-refractivity contribution in [1.29, 1.82) is 0 Å². The van der Waals surface area contributed by atoms with Crippen molar-refractivity contribution in [2.45, 2.75) is 13.3 Å².